The molecule has 0 amide bonds. The van der Waals surface area contributed by atoms with Gasteiger partial charge in [-0.25, -0.2) is 9.78 Å². The monoisotopic (exact) mass is 249 g/mol. The van der Waals surface area contributed by atoms with Gasteiger partial charge in [-0.05, 0) is 12.1 Å². The van der Waals surface area contributed by atoms with Gasteiger partial charge in [-0.3, -0.25) is 0 Å². The molecule has 94 valence electrons. The van der Waals surface area contributed by atoms with Gasteiger partial charge in [0.05, 0.1) is 14.2 Å². The smallest absolute Gasteiger partial charge is 0.358 e. The Morgan fingerprint density at radius 2 is 1.89 bits per heavy atom. The van der Waals surface area contributed by atoms with Gasteiger partial charge in [-0.2, -0.15) is 0 Å². The number of carboxylic acid groups (broad SMARTS) is 1. The van der Waals surface area contributed by atoms with Gasteiger partial charge < -0.3 is 19.0 Å². The van der Waals surface area contributed by atoms with Gasteiger partial charge in [0, 0.05) is 0 Å². The number of rotatable bonds is 4. The number of nitrogens with zero attached hydrogens (tertiary/aromatic N) is 1. The van der Waals surface area contributed by atoms with Crippen LogP contribution in [-0.4, -0.2) is 30.3 Å². The van der Waals surface area contributed by atoms with Crippen molar-refractivity contribution in [2.45, 2.75) is 0 Å². The van der Waals surface area contributed by atoms with Crippen molar-refractivity contribution in [3.63, 3.8) is 0 Å². The fourth-order valence-electron chi connectivity index (χ4n) is 1.65. The maximum Gasteiger partial charge on any atom is 0.358 e. The molecule has 0 spiro atoms. The number of carboxylic acids is 1. The lowest BCUT2D eigenvalue weighted by Gasteiger charge is -2.10. The van der Waals surface area contributed by atoms with E-state index in [1.165, 1.54) is 14.2 Å². The molecule has 0 bridgehead atoms. The van der Waals surface area contributed by atoms with Crippen LogP contribution in [0.5, 0.6) is 11.5 Å². The average Bonchev–Trinajstić information content (AvgIpc) is 2.86. The van der Waals surface area contributed by atoms with Gasteiger partial charge >= 0.3 is 5.97 Å². The number of aromatic carboxylic acids is 1. The summed E-state index contributed by atoms with van der Waals surface area (Å²) in [4.78, 5) is 14.7. The van der Waals surface area contributed by atoms with E-state index in [9.17, 15) is 4.79 Å². The molecule has 18 heavy (non-hydrogen) atoms. The number of oxazole rings is 1. The molecule has 1 aromatic carbocycles. The largest absolute Gasteiger partial charge is 0.496 e. The minimum Gasteiger partial charge on any atom is -0.496 e. The van der Waals surface area contributed by atoms with E-state index in [0.29, 0.717) is 17.1 Å². The predicted octanol–water partition coefficient (Wildman–Crippen LogP) is 2.06. The first-order chi connectivity index (χ1) is 8.69. The van der Waals surface area contributed by atoms with Crippen molar-refractivity contribution in [2.24, 2.45) is 0 Å². The summed E-state index contributed by atoms with van der Waals surface area (Å²) in [6, 6.07) is 5.11. The number of carbonyl (C=O) groups is 1. The van der Waals surface area contributed by atoms with E-state index in [1.807, 2.05) is 0 Å². The van der Waals surface area contributed by atoms with Crippen LogP contribution >= 0.6 is 0 Å². The van der Waals surface area contributed by atoms with Crippen LogP contribution in [0.2, 0.25) is 0 Å². The molecule has 0 aliphatic rings. The molecule has 0 unspecified atom stereocenters. The van der Waals surface area contributed by atoms with Gasteiger partial charge in [0.2, 0.25) is 0 Å². The van der Waals surface area contributed by atoms with E-state index >= 15 is 0 Å². The lowest BCUT2D eigenvalue weighted by atomic mass is 10.1. The van der Waals surface area contributed by atoms with Crippen LogP contribution in [0, 0.1) is 0 Å². The normalized spacial score (nSPS) is 10.1. The van der Waals surface area contributed by atoms with Crippen molar-refractivity contribution in [3.05, 3.63) is 30.3 Å². The van der Waals surface area contributed by atoms with Crippen LogP contribution in [-0.2, 0) is 0 Å². The Labute approximate surface area is 103 Å². The molecule has 1 N–H and O–H groups in total. The van der Waals surface area contributed by atoms with Crippen molar-refractivity contribution in [1.29, 1.82) is 0 Å². The van der Waals surface area contributed by atoms with E-state index in [4.69, 9.17) is 19.0 Å². The summed E-state index contributed by atoms with van der Waals surface area (Å²) in [5.41, 5.74) is 0.246. The maximum atomic E-state index is 11.1. The summed E-state index contributed by atoms with van der Waals surface area (Å²) in [6.45, 7) is 0. The van der Waals surface area contributed by atoms with Gasteiger partial charge in [0.15, 0.2) is 17.8 Å². The van der Waals surface area contributed by atoms with Crippen LogP contribution in [0.4, 0.5) is 0 Å². The second-order valence-corrected chi connectivity index (χ2v) is 3.37. The lowest BCUT2D eigenvalue weighted by molar-refractivity contribution is 0.0691. The fraction of sp³-hybridized carbons (Fsp3) is 0.167. The highest BCUT2D eigenvalue weighted by atomic mass is 16.5. The minimum absolute atomic E-state index is 0.108. The van der Waals surface area contributed by atoms with E-state index < -0.39 is 5.97 Å². The second-order valence-electron chi connectivity index (χ2n) is 3.37. The second kappa shape index (κ2) is 4.79. The molecule has 1 aromatic heterocycles. The molecule has 1 heterocycles. The SMILES string of the molecule is COc1cccc(OC)c1-c1ocnc1C(=O)O. The van der Waals surface area contributed by atoms with Gasteiger partial charge in [0.25, 0.3) is 0 Å². The highest BCUT2D eigenvalue weighted by Crippen LogP contribution is 2.39. The van der Waals surface area contributed by atoms with E-state index in [-0.39, 0.29) is 11.5 Å². The Balaban J connectivity index is 2.69. The summed E-state index contributed by atoms with van der Waals surface area (Å²) in [5, 5.41) is 9.04. The molecule has 0 aliphatic heterocycles. The molecular weight excluding hydrogens is 238 g/mol. The summed E-state index contributed by atoms with van der Waals surface area (Å²) in [5.74, 6) is -0.161. The van der Waals surface area contributed by atoms with E-state index in [2.05, 4.69) is 4.98 Å². The zero-order chi connectivity index (χ0) is 13.1. The van der Waals surface area contributed by atoms with Crippen molar-refractivity contribution < 1.29 is 23.8 Å². The summed E-state index contributed by atoms with van der Waals surface area (Å²) in [6.07, 6.45) is 1.07. The highest BCUT2D eigenvalue weighted by Gasteiger charge is 2.23. The number of hydrogen-bond acceptors (Lipinski definition) is 5. The molecule has 6 nitrogen and oxygen atoms in total. The summed E-state index contributed by atoms with van der Waals surface area (Å²) < 4.78 is 15.5. The molecule has 2 rings (SSSR count). The lowest BCUT2D eigenvalue weighted by Crippen LogP contribution is -2.00. The Morgan fingerprint density at radius 1 is 1.28 bits per heavy atom. The van der Waals surface area contributed by atoms with Crippen molar-refractivity contribution >= 4 is 5.97 Å². The van der Waals surface area contributed by atoms with Gasteiger partial charge in [0.1, 0.15) is 17.1 Å². The summed E-state index contributed by atoms with van der Waals surface area (Å²) in [7, 11) is 2.96. The van der Waals surface area contributed by atoms with Crippen molar-refractivity contribution in [3.8, 4) is 22.8 Å². The van der Waals surface area contributed by atoms with Crippen LogP contribution in [0.15, 0.2) is 29.0 Å². The first-order valence-corrected chi connectivity index (χ1v) is 5.07. The molecular formula is C12H11NO5. The molecule has 0 atom stereocenters. The first kappa shape index (κ1) is 12.0. The Hall–Kier alpha value is -2.50. The minimum atomic E-state index is -1.17. The van der Waals surface area contributed by atoms with Crippen LogP contribution in [0.1, 0.15) is 10.5 Å². The molecule has 0 aliphatic carbocycles. The Bertz CT molecular complexity index is 553. The molecule has 0 fully saturated rings. The van der Waals surface area contributed by atoms with Crippen LogP contribution in [0.25, 0.3) is 11.3 Å². The topological polar surface area (TPSA) is 81.8 Å². The van der Waals surface area contributed by atoms with Gasteiger partial charge in [-0.15, -0.1) is 0 Å². The third kappa shape index (κ3) is 1.88. The summed E-state index contributed by atoms with van der Waals surface area (Å²) >= 11 is 0. The van der Waals surface area contributed by atoms with Crippen molar-refractivity contribution in [1.82, 2.24) is 4.98 Å². The van der Waals surface area contributed by atoms with Gasteiger partial charge in [-0.1, -0.05) is 6.07 Å². The van der Waals surface area contributed by atoms with Crippen LogP contribution < -0.4 is 9.47 Å². The number of aromatic nitrogens is 1. The number of methoxy groups -OCH3 is 2. The third-order valence-corrected chi connectivity index (χ3v) is 2.42. The van der Waals surface area contributed by atoms with E-state index in [1.54, 1.807) is 18.2 Å². The standard InChI is InChI=1S/C12H11NO5/c1-16-7-4-3-5-8(17-2)9(7)11-10(12(14)15)13-6-18-11/h3-6H,1-2H3,(H,14,15). The quantitative estimate of drug-likeness (QED) is 0.893. The first-order valence-electron chi connectivity index (χ1n) is 5.07. The predicted molar refractivity (Wildman–Crippen MR) is 62.0 cm³/mol. The Kier molecular flexibility index (Phi) is 3.18. The van der Waals surface area contributed by atoms with Crippen LogP contribution in [0.3, 0.4) is 0 Å². The fourth-order valence-corrected chi connectivity index (χ4v) is 1.65. The average molecular weight is 249 g/mol. The molecule has 2 aromatic rings. The maximum absolute atomic E-state index is 11.1. The van der Waals surface area contributed by atoms with Crippen molar-refractivity contribution in [2.75, 3.05) is 14.2 Å². The number of ether oxygens (including phenoxy) is 2. The number of hydrogen-bond donors (Lipinski definition) is 1. The third-order valence-electron chi connectivity index (χ3n) is 2.42. The zero-order valence-electron chi connectivity index (χ0n) is 9.84. The molecule has 0 radical (unpaired) electrons. The Morgan fingerprint density at radius 3 is 2.39 bits per heavy atom. The van der Waals surface area contributed by atoms with E-state index in [0.717, 1.165) is 6.39 Å². The number of benzene rings is 1. The molecule has 0 saturated carbocycles. The zero-order valence-corrected chi connectivity index (χ0v) is 9.84. The highest BCUT2D eigenvalue weighted by molar-refractivity contribution is 5.94. The molecule has 0 saturated heterocycles. The molecule has 6 heteroatoms.